The number of carbonyl (C=O) groups is 3. The molecule has 98 valence electrons. The Bertz CT molecular complexity index is 615. The van der Waals surface area contributed by atoms with Crippen molar-refractivity contribution in [1.82, 2.24) is 0 Å². The van der Waals surface area contributed by atoms with Crippen LogP contribution in [0.4, 0.5) is 0 Å². The van der Waals surface area contributed by atoms with Gasteiger partial charge in [-0.15, -0.1) is 0 Å². The molecule has 5 nitrogen and oxygen atoms in total. The van der Waals surface area contributed by atoms with Crippen LogP contribution < -0.4 is 0 Å². The Morgan fingerprint density at radius 1 is 1.21 bits per heavy atom. The first kappa shape index (κ1) is 11.9. The van der Waals surface area contributed by atoms with Gasteiger partial charge in [0.2, 0.25) is 0 Å². The number of esters is 3. The van der Waals surface area contributed by atoms with E-state index in [2.05, 4.69) is 4.74 Å². The second-order valence-electron chi connectivity index (χ2n) is 4.69. The smallest absolute Gasteiger partial charge is 0.347 e. The highest BCUT2D eigenvalue weighted by Gasteiger charge is 2.37. The summed E-state index contributed by atoms with van der Waals surface area (Å²) in [6.07, 6.45) is 3.48. The van der Waals surface area contributed by atoms with Crippen molar-refractivity contribution in [3.63, 3.8) is 0 Å². The number of methoxy groups -OCH3 is 1. The molecule has 3 rings (SSSR count). The van der Waals surface area contributed by atoms with Gasteiger partial charge in [-0.1, -0.05) is 0 Å². The molecular weight excluding hydrogens is 248 g/mol. The summed E-state index contributed by atoms with van der Waals surface area (Å²) in [5.41, 5.74) is 2.23. The van der Waals surface area contributed by atoms with E-state index in [9.17, 15) is 14.4 Å². The van der Waals surface area contributed by atoms with Gasteiger partial charge in [0.1, 0.15) is 0 Å². The maximum atomic E-state index is 12.0. The summed E-state index contributed by atoms with van der Waals surface area (Å²) in [4.78, 5) is 35.3. The van der Waals surface area contributed by atoms with Crippen LogP contribution in [-0.4, -0.2) is 25.0 Å². The third kappa shape index (κ3) is 1.65. The SMILES string of the molecule is COC(=O)c1c2c(cc3c1C(=O)OC3=O)CCCC2. The number of rotatable bonds is 1. The highest BCUT2D eigenvalue weighted by Crippen LogP contribution is 2.33. The van der Waals surface area contributed by atoms with Crippen LogP contribution in [0.25, 0.3) is 0 Å². The van der Waals surface area contributed by atoms with E-state index >= 15 is 0 Å². The average Bonchev–Trinajstić information content (AvgIpc) is 2.70. The molecule has 0 bridgehead atoms. The molecule has 0 fully saturated rings. The fourth-order valence-corrected chi connectivity index (χ4v) is 2.80. The zero-order valence-corrected chi connectivity index (χ0v) is 10.4. The Balaban J connectivity index is 2.33. The Kier molecular flexibility index (Phi) is 2.62. The van der Waals surface area contributed by atoms with Crippen molar-refractivity contribution in [3.8, 4) is 0 Å². The summed E-state index contributed by atoms with van der Waals surface area (Å²) in [5, 5.41) is 0. The number of hydrogen-bond donors (Lipinski definition) is 0. The normalized spacial score (nSPS) is 16.7. The van der Waals surface area contributed by atoms with E-state index in [1.165, 1.54) is 7.11 Å². The van der Waals surface area contributed by atoms with E-state index in [0.29, 0.717) is 6.42 Å². The molecule has 1 aromatic carbocycles. The molecule has 0 amide bonds. The molecule has 1 aliphatic carbocycles. The second-order valence-corrected chi connectivity index (χ2v) is 4.69. The molecule has 0 saturated carbocycles. The predicted octanol–water partition coefficient (Wildman–Crippen LogP) is 1.66. The van der Waals surface area contributed by atoms with Crippen LogP contribution in [0.2, 0.25) is 0 Å². The van der Waals surface area contributed by atoms with Crippen LogP contribution in [0.15, 0.2) is 6.07 Å². The number of benzene rings is 1. The molecule has 5 heteroatoms. The molecule has 0 N–H and O–H groups in total. The summed E-state index contributed by atoms with van der Waals surface area (Å²) >= 11 is 0. The Morgan fingerprint density at radius 3 is 2.68 bits per heavy atom. The van der Waals surface area contributed by atoms with Gasteiger partial charge in [0.05, 0.1) is 23.8 Å². The van der Waals surface area contributed by atoms with Crippen LogP contribution in [0.3, 0.4) is 0 Å². The van der Waals surface area contributed by atoms with Gasteiger partial charge in [-0.05, 0) is 42.9 Å². The molecule has 2 aliphatic rings. The molecule has 0 atom stereocenters. The van der Waals surface area contributed by atoms with Crippen molar-refractivity contribution >= 4 is 17.9 Å². The molecule has 0 spiro atoms. The topological polar surface area (TPSA) is 69.7 Å². The zero-order chi connectivity index (χ0) is 13.6. The molecule has 0 aromatic heterocycles. The molecule has 0 saturated heterocycles. The molecule has 0 unspecified atom stereocenters. The fraction of sp³-hybridized carbons (Fsp3) is 0.357. The number of fused-ring (bicyclic) bond motifs is 2. The van der Waals surface area contributed by atoms with Crippen molar-refractivity contribution in [2.24, 2.45) is 0 Å². The lowest BCUT2D eigenvalue weighted by molar-refractivity contribution is 0.0437. The fourth-order valence-electron chi connectivity index (χ4n) is 2.80. The minimum absolute atomic E-state index is 0.0671. The van der Waals surface area contributed by atoms with Crippen LogP contribution in [0.1, 0.15) is 55.0 Å². The zero-order valence-electron chi connectivity index (χ0n) is 10.4. The van der Waals surface area contributed by atoms with Gasteiger partial charge in [0, 0.05) is 0 Å². The Morgan fingerprint density at radius 2 is 1.95 bits per heavy atom. The summed E-state index contributed by atoms with van der Waals surface area (Å²) in [5.74, 6) is -2.02. The van der Waals surface area contributed by atoms with Crippen molar-refractivity contribution in [2.75, 3.05) is 7.11 Å². The van der Waals surface area contributed by atoms with Crippen LogP contribution in [0, 0.1) is 0 Å². The summed E-state index contributed by atoms with van der Waals surface area (Å²) in [7, 11) is 1.26. The largest absolute Gasteiger partial charge is 0.465 e. The van der Waals surface area contributed by atoms with E-state index < -0.39 is 17.9 Å². The molecule has 1 aromatic rings. The van der Waals surface area contributed by atoms with E-state index in [1.54, 1.807) is 6.07 Å². The molecule has 19 heavy (non-hydrogen) atoms. The highest BCUT2D eigenvalue weighted by atomic mass is 16.6. The average molecular weight is 260 g/mol. The maximum absolute atomic E-state index is 12.0. The van der Waals surface area contributed by atoms with Crippen molar-refractivity contribution in [2.45, 2.75) is 25.7 Å². The number of hydrogen-bond acceptors (Lipinski definition) is 5. The maximum Gasteiger partial charge on any atom is 0.347 e. The van der Waals surface area contributed by atoms with Gasteiger partial charge in [0.25, 0.3) is 0 Å². The lowest BCUT2D eigenvalue weighted by atomic mass is 9.84. The Hall–Kier alpha value is -2.17. The van der Waals surface area contributed by atoms with Gasteiger partial charge in [-0.2, -0.15) is 0 Å². The molecule has 0 radical (unpaired) electrons. The highest BCUT2D eigenvalue weighted by molar-refractivity contribution is 6.19. The predicted molar refractivity (Wildman–Crippen MR) is 64.2 cm³/mol. The van der Waals surface area contributed by atoms with Crippen LogP contribution >= 0.6 is 0 Å². The Labute approximate surface area is 109 Å². The van der Waals surface area contributed by atoms with E-state index in [-0.39, 0.29) is 16.7 Å². The molecular formula is C14H12O5. The molecule has 1 heterocycles. The number of aryl methyl sites for hydroxylation is 1. The van der Waals surface area contributed by atoms with Crippen LogP contribution in [0.5, 0.6) is 0 Å². The van der Waals surface area contributed by atoms with Crippen molar-refractivity contribution in [1.29, 1.82) is 0 Å². The minimum Gasteiger partial charge on any atom is -0.465 e. The van der Waals surface area contributed by atoms with Gasteiger partial charge in [-0.3, -0.25) is 0 Å². The van der Waals surface area contributed by atoms with Crippen molar-refractivity contribution in [3.05, 3.63) is 33.9 Å². The lowest BCUT2D eigenvalue weighted by Crippen LogP contribution is -2.17. The summed E-state index contributed by atoms with van der Waals surface area (Å²) in [6, 6.07) is 1.68. The first-order chi connectivity index (χ1) is 9.13. The quantitative estimate of drug-likeness (QED) is 0.567. The monoisotopic (exact) mass is 260 g/mol. The van der Waals surface area contributed by atoms with Crippen molar-refractivity contribution < 1.29 is 23.9 Å². The second kappa shape index (κ2) is 4.19. The standard InChI is InChI=1S/C14H12O5/c1-18-13(16)10-8-5-3-2-4-7(8)6-9-11(10)14(17)19-12(9)15/h6H,2-5H2,1H3. The third-order valence-electron chi connectivity index (χ3n) is 3.65. The van der Waals surface area contributed by atoms with E-state index in [1.807, 2.05) is 0 Å². The van der Waals surface area contributed by atoms with Crippen LogP contribution in [-0.2, 0) is 22.3 Å². The number of cyclic esters (lactones) is 2. The third-order valence-corrected chi connectivity index (χ3v) is 3.65. The van der Waals surface area contributed by atoms with Gasteiger partial charge in [-0.25, -0.2) is 14.4 Å². The first-order valence-electron chi connectivity index (χ1n) is 6.17. The van der Waals surface area contributed by atoms with Gasteiger partial charge < -0.3 is 9.47 Å². The summed E-state index contributed by atoms with van der Waals surface area (Å²) < 4.78 is 9.35. The van der Waals surface area contributed by atoms with E-state index in [0.717, 1.165) is 30.4 Å². The number of ether oxygens (including phenoxy) is 2. The van der Waals surface area contributed by atoms with Gasteiger partial charge >= 0.3 is 17.9 Å². The number of carbonyl (C=O) groups excluding carboxylic acids is 3. The van der Waals surface area contributed by atoms with Gasteiger partial charge in [0.15, 0.2) is 0 Å². The summed E-state index contributed by atoms with van der Waals surface area (Å²) in [6.45, 7) is 0. The molecule has 1 aliphatic heterocycles. The minimum atomic E-state index is -0.756. The lowest BCUT2D eigenvalue weighted by Gasteiger charge is -2.19. The first-order valence-corrected chi connectivity index (χ1v) is 6.17. The van der Waals surface area contributed by atoms with E-state index in [4.69, 9.17) is 4.74 Å².